The van der Waals surface area contributed by atoms with Gasteiger partial charge < -0.3 is 4.74 Å². The van der Waals surface area contributed by atoms with E-state index in [-0.39, 0.29) is 12.0 Å². The van der Waals surface area contributed by atoms with Crippen LogP contribution in [-0.2, 0) is 16.8 Å². The van der Waals surface area contributed by atoms with Crippen molar-refractivity contribution in [3.05, 3.63) is 64.1 Å². The summed E-state index contributed by atoms with van der Waals surface area (Å²) in [5.74, 6) is 0. The van der Waals surface area contributed by atoms with Crippen LogP contribution in [0.4, 0.5) is 10.5 Å². The largest absolute Gasteiger partial charge is 0.444 e. The number of hydrogen-bond donors (Lipinski definition) is 1. The highest BCUT2D eigenvalue weighted by atomic mass is 79.9. The van der Waals surface area contributed by atoms with Gasteiger partial charge in [-0.05, 0) is 44.6 Å². The summed E-state index contributed by atoms with van der Waals surface area (Å²) in [5.41, 5.74) is 2.92. The van der Waals surface area contributed by atoms with Gasteiger partial charge in [0, 0.05) is 4.47 Å². The summed E-state index contributed by atoms with van der Waals surface area (Å²) in [5, 5.41) is 2.75. The summed E-state index contributed by atoms with van der Waals surface area (Å²) in [6.07, 6.45) is -0.465. The molecule has 0 saturated heterocycles. The zero-order valence-corrected chi connectivity index (χ0v) is 14.6. The Kier molecular flexibility index (Phi) is 5.24. The van der Waals surface area contributed by atoms with E-state index in [1.165, 1.54) is 5.56 Å². The summed E-state index contributed by atoms with van der Waals surface area (Å²) >= 11 is 3.49. The standard InChI is InChI=1S/C18H20BrNO2/c1-18(2,3)14-9-10-16(15(19)11-14)20-17(21)22-12-13-7-5-4-6-8-13/h4-11H,12H2,1-3H3,(H,20,21). The van der Waals surface area contributed by atoms with Crippen LogP contribution in [-0.4, -0.2) is 6.09 Å². The van der Waals surface area contributed by atoms with Gasteiger partial charge in [-0.25, -0.2) is 4.79 Å². The molecule has 0 aliphatic carbocycles. The third-order valence-electron chi connectivity index (χ3n) is 3.28. The summed E-state index contributed by atoms with van der Waals surface area (Å²) in [6, 6.07) is 15.5. The number of amides is 1. The van der Waals surface area contributed by atoms with Gasteiger partial charge in [-0.3, -0.25) is 5.32 Å². The molecule has 0 heterocycles. The molecule has 116 valence electrons. The second-order valence-electron chi connectivity index (χ2n) is 6.13. The van der Waals surface area contributed by atoms with Crippen molar-refractivity contribution in [3.63, 3.8) is 0 Å². The first-order valence-electron chi connectivity index (χ1n) is 7.14. The topological polar surface area (TPSA) is 38.3 Å². The SMILES string of the molecule is CC(C)(C)c1ccc(NC(=O)OCc2ccccc2)c(Br)c1. The fourth-order valence-corrected chi connectivity index (χ4v) is 2.43. The van der Waals surface area contributed by atoms with E-state index in [1.54, 1.807) is 0 Å². The van der Waals surface area contributed by atoms with Crippen LogP contribution in [0.5, 0.6) is 0 Å². The van der Waals surface area contributed by atoms with Crippen LogP contribution in [0.25, 0.3) is 0 Å². The average Bonchev–Trinajstić information content (AvgIpc) is 2.47. The quantitative estimate of drug-likeness (QED) is 0.784. The Hall–Kier alpha value is -1.81. The van der Waals surface area contributed by atoms with Crippen molar-refractivity contribution in [2.45, 2.75) is 32.8 Å². The lowest BCUT2D eigenvalue weighted by Crippen LogP contribution is -2.15. The van der Waals surface area contributed by atoms with Crippen LogP contribution < -0.4 is 5.32 Å². The maximum Gasteiger partial charge on any atom is 0.411 e. The molecule has 0 fully saturated rings. The molecule has 2 aromatic rings. The van der Waals surface area contributed by atoms with Crippen LogP contribution in [0.3, 0.4) is 0 Å². The summed E-state index contributed by atoms with van der Waals surface area (Å²) in [6.45, 7) is 6.70. The first-order chi connectivity index (χ1) is 10.4. The van der Waals surface area contributed by atoms with Gasteiger partial charge in [0.2, 0.25) is 0 Å². The normalized spacial score (nSPS) is 11.1. The van der Waals surface area contributed by atoms with Gasteiger partial charge in [0.15, 0.2) is 0 Å². The average molecular weight is 362 g/mol. The molecule has 0 aliphatic rings. The third kappa shape index (κ3) is 4.60. The molecule has 1 amide bonds. The molecule has 0 spiro atoms. The highest BCUT2D eigenvalue weighted by molar-refractivity contribution is 9.10. The van der Waals surface area contributed by atoms with E-state index in [1.807, 2.05) is 48.5 Å². The predicted molar refractivity (Wildman–Crippen MR) is 93.1 cm³/mol. The number of hydrogen-bond acceptors (Lipinski definition) is 2. The maximum absolute atomic E-state index is 11.9. The molecule has 4 heteroatoms. The number of carbonyl (C=O) groups excluding carboxylic acids is 1. The molecule has 2 rings (SSSR count). The molecule has 2 aromatic carbocycles. The van der Waals surface area contributed by atoms with Gasteiger partial charge in [0.1, 0.15) is 6.61 Å². The molecule has 1 N–H and O–H groups in total. The van der Waals surface area contributed by atoms with Gasteiger partial charge in [-0.15, -0.1) is 0 Å². The summed E-state index contributed by atoms with van der Waals surface area (Å²) < 4.78 is 6.06. The number of rotatable bonds is 3. The number of ether oxygens (including phenoxy) is 1. The second-order valence-corrected chi connectivity index (χ2v) is 6.99. The number of benzene rings is 2. The molecular formula is C18H20BrNO2. The van der Waals surface area contributed by atoms with Gasteiger partial charge in [-0.1, -0.05) is 57.2 Å². The molecular weight excluding hydrogens is 342 g/mol. The molecule has 0 unspecified atom stereocenters. The molecule has 0 radical (unpaired) electrons. The Labute approximate surface area is 139 Å². The lowest BCUT2D eigenvalue weighted by Gasteiger charge is -2.20. The Balaban J connectivity index is 1.97. The smallest absolute Gasteiger partial charge is 0.411 e. The third-order valence-corrected chi connectivity index (χ3v) is 3.94. The fraction of sp³-hybridized carbons (Fsp3) is 0.278. The Morgan fingerprint density at radius 1 is 1.14 bits per heavy atom. The maximum atomic E-state index is 11.9. The predicted octanol–water partition coefficient (Wildman–Crippen LogP) is 5.50. The summed E-state index contributed by atoms with van der Waals surface area (Å²) in [7, 11) is 0. The van der Waals surface area contributed by atoms with Crippen molar-refractivity contribution in [2.24, 2.45) is 0 Å². The summed E-state index contributed by atoms with van der Waals surface area (Å²) in [4.78, 5) is 11.9. The van der Waals surface area contributed by atoms with E-state index < -0.39 is 6.09 Å². The van der Waals surface area contributed by atoms with Crippen LogP contribution in [0.2, 0.25) is 0 Å². The number of halogens is 1. The van der Waals surface area contributed by atoms with Crippen LogP contribution >= 0.6 is 15.9 Å². The van der Waals surface area contributed by atoms with E-state index in [2.05, 4.69) is 42.0 Å². The van der Waals surface area contributed by atoms with E-state index >= 15 is 0 Å². The van der Waals surface area contributed by atoms with Crippen molar-refractivity contribution in [3.8, 4) is 0 Å². The van der Waals surface area contributed by atoms with Gasteiger partial charge >= 0.3 is 6.09 Å². The van der Waals surface area contributed by atoms with Gasteiger partial charge in [0.05, 0.1) is 5.69 Å². The zero-order chi connectivity index (χ0) is 16.2. The molecule has 0 saturated carbocycles. The van der Waals surface area contributed by atoms with Gasteiger partial charge in [0.25, 0.3) is 0 Å². The monoisotopic (exact) mass is 361 g/mol. The van der Waals surface area contributed by atoms with Crippen molar-refractivity contribution in [1.29, 1.82) is 0 Å². The fourth-order valence-electron chi connectivity index (χ4n) is 1.95. The molecule has 0 bridgehead atoms. The number of carbonyl (C=O) groups is 1. The minimum absolute atomic E-state index is 0.0644. The zero-order valence-electron chi connectivity index (χ0n) is 13.0. The van der Waals surface area contributed by atoms with Crippen LogP contribution in [0.15, 0.2) is 53.0 Å². The van der Waals surface area contributed by atoms with Gasteiger partial charge in [-0.2, -0.15) is 0 Å². The van der Waals surface area contributed by atoms with Crippen molar-refractivity contribution < 1.29 is 9.53 Å². The van der Waals surface area contributed by atoms with Crippen molar-refractivity contribution >= 4 is 27.7 Å². The van der Waals surface area contributed by atoms with E-state index in [9.17, 15) is 4.79 Å². The van der Waals surface area contributed by atoms with Crippen LogP contribution in [0, 0.1) is 0 Å². The highest BCUT2D eigenvalue weighted by Gasteiger charge is 2.15. The minimum Gasteiger partial charge on any atom is -0.444 e. The highest BCUT2D eigenvalue weighted by Crippen LogP contribution is 2.30. The Morgan fingerprint density at radius 2 is 1.82 bits per heavy atom. The minimum atomic E-state index is -0.465. The molecule has 0 aromatic heterocycles. The van der Waals surface area contributed by atoms with E-state index in [0.29, 0.717) is 5.69 Å². The first kappa shape index (κ1) is 16.6. The van der Waals surface area contributed by atoms with Crippen molar-refractivity contribution in [2.75, 3.05) is 5.32 Å². The second kappa shape index (κ2) is 6.97. The lowest BCUT2D eigenvalue weighted by atomic mass is 9.87. The Morgan fingerprint density at radius 3 is 2.41 bits per heavy atom. The molecule has 3 nitrogen and oxygen atoms in total. The van der Waals surface area contributed by atoms with E-state index in [0.717, 1.165) is 10.0 Å². The van der Waals surface area contributed by atoms with Crippen molar-refractivity contribution in [1.82, 2.24) is 0 Å². The van der Waals surface area contributed by atoms with Crippen LogP contribution in [0.1, 0.15) is 31.9 Å². The molecule has 0 atom stereocenters. The molecule has 22 heavy (non-hydrogen) atoms. The Bertz CT molecular complexity index is 648. The molecule has 0 aliphatic heterocycles. The number of nitrogens with one attached hydrogen (secondary N) is 1. The number of anilines is 1. The lowest BCUT2D eigenvalue weighted by molar-refractivity contribution is 0.155. The first-order valence-corrected chi connectivity index (χ1v) is 7.93. The van der Waals surface area contributed by atoms with E-state index in [4.69, 9.17) is 4.74 Å².